The molecule has 4 rings (SSSR count). The van der Waals surface area contributed by atoms with Gasteiger partial charge in [-0.05, 0) is 36.6 Å². The number of hydrogen-bond donors (Lipinski definition) is 0. The zero-order valence-corrected chi connectivity index (χ0v) is 15.9. The lowest BCUT2D eigenvalue weighted by Gasteiger charge is -2.22. The normalized spacial score (nSPS) is 19.8. The minimum absolute atomic E-state index is 0.0558. The molecule has 6 heteroatoms. The van der Waals surface area contributed by atoms with Gasteiger partial charge in [0.2, 0.25) is 5.91 Å². The first-order chi connectivity index (χ1) is 13.0. The summed E-state index contributed by atoms with van der Waals surface area (Å²) >= 11 is 1.04. The number of imide groups is 1. The van der Waals surface area contributed by atoms with Crippen LogP contribution in [0.2, 0.25) is 0 Å². The van der Waals surface area contributed by atoms with Gasteiger partial charge in [0.1, 0.15) is 0 Å². The van der Waals surface area contributed by atoms with E-state index in [1.807, 2.05) is 24.3 Å². The molecule has 27 heavy (non-hydrogen) atoms. The highest BCUT2D eigenvalue weighted by molar-refractivity contribution is 8.14. The molecule has 0 radical (unpaired) electrons. The van der Waals surface area contributed by atoms with Crippen LogP contribution in [0.4, 0.5) is 4.79 Å². The Balaban J connectivity index is 1.45. The largest absolute Gasteiger partial charge is 0.336 e. The zero-order valence-electron chi connectivity index (χ0n) is 15.1. The third kappa shape index (κ3) is 3.49. The molecule has 0 bridgehead atoms. The fraction of sp³-hybridized carbons (Fsp3) is 0.286. The number of nitrogens with zero attached hydrogens (tertiary/aromatic N) is 2. The second-order valence-electron chi connectivity index (χ2n) is 6.96. The van der Waals surface area contributed by atoms with E-state index in [1.54, 1.807) is 4.90 Å². The van der Waals surface area contributed by atoms with Gasteiger partial charge in [0.25, 0.3) is 11.1 Å². The predicted molar refractivity (Wildman–Crippen MR) is 106 cm³/mol. The molecule has 2 fully saturated rings. The highest BCUT2D eigenvalue weighted by Gasteiger charge is 2.40. The Labute approximate surface area is 162 Å². The molecule has 0 aliphatic carbocycles. The highest BCUT2D eigenvalue weighted by Crippen LogP contribution is 2.27. The van der Waals surface area contributed by atoms with Gasteiger partial charge in [-0.1, -0.05) is 53.7 Å². The summed E-state index contributed by atoms with van der Waals surface area (Å²) in [6.45, 7) is 3.03. The first-order valence-corrected chi connectivity index (χ1v) is 9.97. The Morgan fingerprint density at radius 1 is 1.00 bits per heavy atom. The van der Waals surface area contributed by atoms with Crippen LogP contribution in [-0.2, 0) is 4.79 Å². The van der Waals surface area contributed by atoms with Crippen LogP contribution in [0.15, 0.2) is 48.5 Å². The monoisotopic (exact) mass is 380 g/mol. The van der Waals surface area contributed by atoms with E-state index in [4.69, 9.17) is 0 Å². The van der Waals surface area contributed by atoms with E-state index in [1.165, 1.54) is 10.5 Å². The van der Waals surface area contributed by atoms with Gasteiger partial charge in [-0.3, -0.25) is 19.3 Å². The van der Waals surface area contributed by atoms with Crippen molar-refractivity contribution in [1.82, 2.24) is 9.80 Å². The summed E-state index contributed by atoms with van der Waals surface area (Å²) in [6.07, 6.45) is 0.644. The number of carbonyl (C=O) groups is 3. The van der Waals surface area contributed by atoms with Crippen LogP contribution in [0.5, 0.6) is 0 Å². The molecule has 2 saturated heterocycles. The Kier molecular flexibility index (Phi) is 4.74. The number of benzene rings is 2. The maximum absolute atomic E-state index is 12.8. The van der Waals surface area contributed by atoms with E-state index in [-0.39, 0.29) is 28.8 Å². The Morgan fingerprint density at radius 3 is 2.22 bits per heavy atom. The molecule has 1 unspecified atom stereocenters. The minimum atomic E-state index is -0.198. The van der Waals surface area contributed by atoms with E-state index in [2.05, 4.69) is 31.2 Å². The third-order valence-electron chi connectivity index (χ3n) is 5.12. The fourth-order valence-electron chi connectivity index (χ4n) is 3.59. The summed E-state index contributed by atoms with van der Waals surface area (Å²) in [7, 11) is 0. The van der Waals surface area contributed by atoms with Gasteiger partial charge in [0.05, 0.1) is 11.8 Å². The molecule has 2 aromatic carbocycles. The van der Waals surface area contributed by atoms with E-state index in [0.29, 0.717) is 25.1 Å². The average molecular weight is 380 g/mol. The van der Waals surface area contributed by atoms with Crippen molar-refractivity contribution >= 4 is 28.8 Å². The lowest BCUT2D eigenvalue weighted by atomic mass is 10.0. The molecule has 2 aromatic rings. The number of aryl methyl sites for hydroxylation is 1. The van der Waals surface area contributed by atoms with Crippen LogP contribution in [-0.4, -0.2) is 51.7 Å². The lowest BCUT2D eigenvalue weighted by Crippen LogP contribution is -2.41. The number of likely N-dealkylation sites (tertiary alicyclic amines) is 1. The molecule has 1 atom stereocenters. The van der Waals surface area contributed by atoms with Crippen molar-refractivity contribution in [1.29, 1.82) is 0 Å². The summed E-state index contributed by atoms with van der Waals surface area (Å²) in [6, 6.07) is 15.7. The van der Waals surface area contributed by atoms with Crippen molar-refractivity contribution in [2.24, 2.45) is 0 Å². The SMILES string of the molecule is Cc1ccc(-c2ccc(C(=O)N3CCC(N4C(=O)CSC4=O)C3)cc2)cc1. The summed E-state index contributed by atoms with van der Waals surface area (Å²) < 4.78 is 0. The number of thioether (sulfide) groups is 1. The van der Waals surface area contributed by atoms with E-state index < -0.39 is 0 Å². The van der Waals surface area contributed by atoms with Crippen molar-refractivity contribution in [3.8, 4) is 11.1 Å². The van der Waals surface area contributed by atoms with Gasteiger partial charge in [0, 0.05) is 18.7 Å². The molecule has 0 aromatic heterocycles. The molecule has 0 spiro atoms. The van der Waals surface area contributed by atoms with Crippen LogP contribution in [0, 0.1) is 6.92 Å². The lowest BCUT2D eigenvalue weighted by molar-refractivity contribution is -0.126. The maximum Gasteiger partial charge on any atom is 0.289 e. The summed E-state index contributed by atoms with van der Waals surface area (Å²) in [5, 5.41) is -0.193. The number of carbonyl (C=O) groups excluding carboxylic acids is 3. The maximum atomic E-state index is 12.8. The molecular formula is C21H20N2O3S. The molecule has 2 aliphatic rings. The summed E-state index contributed by atoms with van der Waals surface area (Å²) in [4.78, 5) is 39.6. The number of amides is 3. The predicted octanol–water partition coefficient (Wildman–Crippen LogP) is 3.57. The van der Waals surface area contributed by atoms with E-state index in [9.17, 15) is 14.4 Å². The van der Waals surface area contributed by atoms with Gasteiger partial charge in [0.15, 0.2) is 0 Å². The molecule has 0 saturated carbocycles. The minimum Gasteiger partial charge on any atom is -0.336 e. The molecule has 2 heterocycles. The van der Waals surface area contributed by atoms with Gasteiger partial charge < -0.3 is 4.90 Å². The van der Waals surface area contributed by atoms with Gasteiger partial charge in [-0.2, -0.15) is 0 Å². The highest BCUT2D eigenvalue weighted by atomic mass is 32.2. The Hall–Kier alpha value is -2.60. The van der Waals surface area contributed by atoms with Gasteiger partial charge in [-0.15, -0.1) is 0 Å². The van der Waals surface area contributed by atoms with Crippen molar-refractivity contribution < 1.29 is 14.4 Å². The van der Waals surface area contributed by atoms with Crippen LogP contribution in [0.3, 0.4) is 0 Å². The Morgan fingerprint density at radius 2 is 1.63 bits per heavy atom. The molecule has 2 aliphatic heterocycles. The second kappa shape index (κ2) is 7.19. The third-order valence-corrected chi connectivity index (χ3v) is 5.95. The van der Waals surface area contributed by atoms with Crippen molar-refractivity contribution in [3.05, 3.63) is 59.7 Å². The number of hydrogen-bond acceptors (Lipinski definition) is 4. The topological polar surface area (TPSA) is 57.7 Å². The quantitative estimate of drug-likeness (QED) is 0.817. The van der Waals surface area contributed by atoms with Crippen LogP contribution < -0.4 is 0 Å². The van der Waals surface area contributed by atoms with E-state index >= 15 is 0 Å². The van der Waals surface area contributed by atoms with Gasteiger partial charge in [-0.25, -0.2) is 0 Å². The standard InChI is InChI=1S/C21H20N2O3S/c1-14-2-4-15(5-3-14)16-6-8-17(9-7-16)20(25)22-11-10-18(12-22)23-19(24)13-27-21(23)26/h2-9,18H,10-13H2,1H3. The van der Waals surface area contributed by atoms with Crippen LogP contribution >= 0.6 is 11.8 Å². The first kappa shape index (κ1) is 17.8. The van der Waals surface area contributed by atoms with Crippen molar-refractivity contribution in [2.45, 2.75) is 19.4 Å². The van der Waals surface area contributed by atoms with E-state index in [0.717, 1.165) is 22.9 Å². The van der Waals surface area contributed by atoms with Gasteiger partial charge >= 0.3 is 0 Å². The molecular weight excluding hydrogens is 360 g/mol. The van der Waals surface area contributed by atoms with Crippen LogP contribution in [0.1, 0.15) is 22.3 Å². The van der Waals surface area contributed by atoms with Crippen LogP contribution in [0.25, 0.3) is 11.1 Å². The zero-order chi connectivity index (χ0) is 19.0. The average Bonchev–Trinajstić information content (AvgIpc) is 3.28. The molecule has 5 nitrogen and oxygen atoms in total. The number of rotatable bonds is 3. The summed E-state index contributed by atoms with van der Waals surface area (Å²) in [5.74, 6) is 0.00970. The molecule has 3 amide bonds. The molecule has 138 valence electrons. The Bertz CT molecular complexity index is 877. The second-order valence-corrected chi connectivity index (χ2v) is 7.88. The van der Waals surface area contributed by atoms with Crippen molar-refractivity contribution in [2.75, 3.05) is 18.8 Å². The smallest absolute Gasteiger partial charge is 0.289 e. The molecule has 0 N–H and O–H groups in total. The fourth-order valence-corrected chi connectivity index (χ4v) is 4.36. The summed E-state index contributed by atoms with van der Waals surface area (Å²) in [5.41, 5.74) is 4.02. The first-order valence-electron chi connectivity index (χ1n) is 8.98. The van der Waals surface area contributed by atoms with Crippen molar-refractivity contribution in [3.63, 3.8) is 0 Å².